The summed E-state index contributed by atoms with van der Waals surface area (Å²) in [6.45, 7) is 4.30. The number of ether oxygens (including phenoxy) is 2. The van der Waals surface area contributed by atoms with Crippen molar-refractivity contribution in [3.8, 4) is 23.0 Å². The SMILES string of the molecule is CCOc1cccc(/C=N/NC(=O)C(=O)N/N=C/c2cccc(OCC)c2O)c1O. The number of nitrogens with zero attached hydrogens (tertiary/aromatic N) is 2. The number of para-hydroxylation sites is 2. The minimum atomic E-state index is -1.07. The highest BCUT2D eigenvalue weighted by Gasteiger charge is 2.12. The van der Waals surface area contributed by atoms with E-state index in [0.717, 1.165) is 0 Å². The molecule has 0 radical (unpaired) electrons. The number of hydrogen-bond acceptors (Lipinski definition) is 8. The Balaban J connectivity index is 1.92. The molecule has 0 heterocycles. The van der Waals surface area contributed by atoms with E-state index < -0.39 is 11.8 Å². The quantitative estimate of drug-likeness (QED) is 0.293. The normalized spacial score (nSPS) is 10.9. The maximum absolute atomic E-state index is 11.8. The van der Waals surface area contributed by atoms with Crippen molar-refractivity contribution in [2.24, 2.45) is 10.2 Å². The molecule has 0 aliphatic heterocycles. The average Bonchev–Trinajstić information content (AvgIpc) is 2.73. The molecule has 0 fully saturated rings. The van der Waals surface area contributed by atoms with Crippen molar-refractivity contribution < 1.29 is 29.3 Å². The van der Waals surface area contributed by atoms with Crippen LogP contribution in [0.4, 0.5) is 0 Å². The molecular formula is C20H22N4O6. The molecule has 0 spiro atoms. The molecular weight excluding hydrogens is 392 g/mol. The Labute approximate surface area is 172 Å². The van der Waals surface area contributed by atoms with Gasteiger partial charge in [0.05, 0.1) is 25.6 Å². The lowest BCUT2D eigenvalue weighted by atomic mass is 10.2. The van der Waals surface area contributed by atoms with Crippen LogP contribution in [0.15, 0.2) is 46.6 Å². The van der Waals surface area contributed by atoms with Gasteiger partial charge in [-0.2, -0.15) is 10.2 Å². The lowest BCUT2D eigenvalue weighted by molar-refractivity contribution is -0.139. The standard InChI is InChI=1S/C20H22N4O6/c1-3-29-15-9-5-7-13(17(15)25)11-21-23-19(27)20(28)24-22-12-14-8-6-10-16(18(14)26)30-4-2/h5-12,25-26H,3-4H2,1-2H3,(H,23,27)(H,24,28)/b21-11+,22-12+. The maximum Gasteiger partial charge on any atom is 0.331 e. The second kappa shape index (κ2) is 11.1. The highest BCUT2D eigenvalue weighted by atomic mass is 16.5. The smallest absolute Gasteiger partial charge is 0.331 e. The van der Waals surface area contributed by atoms with Crippen molar-refractivity contribution >= 4 is 24.2 Å². The molecule has 0 unspecified atom stereocenters. The summed E-state index contributed by atoms with van der Waals surface area (Å²) in [6.07, 6.45) is 2.34. The number of amides is 2. The topological polar surface area (TPSA) is 142 Å². The second-order valence-electron chi connectivity index (χ2n) is 5.65. The monoisotopic (exact) mass is 414 g/mol. The van der Waals surface area contributed by atoms with Crippen LogP contribution >= 0.6 is 0 Å². The summed E-state index contributed by atoms with van der Waals surface area (Å²) < 4.78 is 10.5. The van der Waals surface area contributed by atoms with Gasteiger partial charge in [-0.05, 0) is 38.1 Å². The number of hydrogen-bond donors (Lipinski definition) is 4. The van der Waals surface area contributed by atoms with Gasteiger partial charge in [-0.1, -0.05) is 12.1 Å². The van der Waals surface area contributed by atoms with E-state index in [1.54, 1.807) is 50.2 Å². The summed E-state index contributed by atoms with van der Waals surface area (Å²) in [6, 6.07) is 9.57. The van der Waals surface area contributed by atoms with E-state index >= 15 is 0 Å². The highest BCUT2D eigenvalue weighted by molar-refractivity contribution is 6.35. The summed E-state index contributed by atoms with van der Waals surface area (Å²) >= 11 is 0. The number of phenolic OH excluding ortho intramolecular Hbond substituents is 2. The maximum atomic E-state index is 11.8. The van der Waals surface area contributed by atoms with Gasteiger partial charge in [0.25, 0.3) is 0 Å². The first kappa shape index (κ1) is 22.2. The largest absolute Gasteiger partial charge is 0.504 e. The number of benzene rings is 2. The number of phenols is 2. The first-order valence-corrected chi connectivity index (χ1v) is 9.03. The fourth-order valence-corrected chi connectivity index (χ4v) is 2.25. The summed E-state index contributed by atoms with van der Waals surface area (Å²) in [4.78, 5) is 23.5. The molecule has 0 aromatic heterocycles. The predicted molar refractivity (Wildman–Crippen MR) is 110 cm³/mol. The van der Waals surface area contributed by atoms with Crippen LogP contribution in [-0.2, 0) is 9.59 Å². The van der Waals surface area contributed by atoms with E-state index in [-0.39, 0.29) is 23.0 Å². The van der Waals surface area contributed by atoms with Gasteiger partial charge >= 0.3 is 11.8 Å². The van der Waals surface area contributed by atoms with Gasteiger partial charge in [0.1, 0.15) is 0 Å². The van der Waals surface area contributed by atoms with Crippen LogP contribution < -0.4 is 20.3 Å². The van der Waals surface area contributed by atoms with Gasteiger partial charge in [0.2, 0.25) is 0 Å². The molecule has 0 saturated heterocycles. The summed E-state index contributed by atoms with van der Waals surface area (Å²) in [5.41, 5.74) is 4.63. The second-order valence-corrected chi connectivity index (χ2v) is 5.65. The van der Waals surface area contributed by atoms with Crippen LogP contribution in [0.3, 0.4) is 0 Å². The lowest BCUT2D eigenvalue weighted by Gasteiger charge is -2.07. The van der Waals surface area contributed by atoms with E-state index in [1.807, 2.05) is 10.9 Å². The van der Waals surface area contributed by atoms with Gasteiger partial charge in [-0.3, -0.25) is 9.59 Å². The van der Waals surface area contributed by atoms with Gasteiger partial charge in [-0.15, -0.1) is 0 Å². The third kappa shape index (κ3) is 5.96. The fourth-order valence-electron chi connectivity index (χ4n) is 2.25. The predicted octanol–water partition coefficient (Wildman–Crippen LogP) is 1.50. The molecule has 10 nitrogen and oxygen atoms in total. The molecule has 30 heavy (non-hydrogen) atoms. The molecule has 2 amide bonds. The van der Waals surface area contributed by atoms with E-state index in [2.05, 4.69) is 10.2 Å². The van der Waals surface area contributed by atoms with Crippen LogP contribution in [-0.4, -0.2) is 47.7 Å². The molecule has 4 N–H and O–H groups in total. The number of nitrogens with one attached hydrogen (secondary N) is 2. The van der Waals surface area contributed by atoms with Crippen LogP contribution in [0.1, 0.15) is 25.0 Å². The number of carbonyl (C=O) groups is 2. The van der Waals surface area contributed by atoms with E-state index in [1.165, 1.54) is 12.4 Å². The zero-order chi connectivity index (χ0) is 21.9. The van der Waals surface area contributed by atoms with Gasteiger partial charge in [0.15, 0.2) is 23.0 Å². The van der Waals surface area contributed by atoms with Crippen molar-refractivity contribution in [3.63, 3.8) is 0 Å². The zero-order valence-electron chi connectivity index (χ0n) is 16.5. The van der Waals surface area contributed by atoms with E-state index in [0.29, 0.717) is 24.3 Å². The Morgan fingerprint density at radius 3 is 1.60 bits per heavy atom. The Hall–Kier alpha value is -4.08. The molecule has 158 valence electrons. The summed E-state index contributed by atoms with van der Waals surface area (Å²) in [5, 5.41) is 27.3. The lowest BCUT2D eigenvalue weighted by Crippen LogP contribution is -2.35. The first-order chi connectivity index (χ1) is 14.5. The minimum Gasteiger partial charge on any atom is -0.504 e. The minimum absolute atomic E-state index is 0.138. The third-order valence-corrected chi connectivity index (χ3v) is 3.61. The average molecular weight is 414 g/mol. The Morgan fingerprint density at radius 2 is 1.23 bits per heavy atom. The summed E-state index contributed by atoms with van der Waals surface area (Å²) in [5.74, 6) is -1.87. The van der Waals surface area contributed by atoms with Crippen molar-refractivity contribution in [1.29, 1.82) is 0 Å². The molecule has 10 heteroatoms. The van der Waals surface area contributed by atoms with Crippen LogP contribution in [0, 0.1) is 0 Å². The first-order valence-electron chi connectivity index (χ1n) is 9.03. The third-order valence-electron chi connectivity index (χ3n) is 3.61. The fraction of sp³-hybridized carbons (Fsp3) is 0.200. The van der Waals surface area contributed by atoms with Gasteiger partial charge in [0, 0.05) is 11.1 Å². The molecule has 0 aliphatic rings. The highest BCUT2D eigenvalue weighted by Crippen LogP contribution is 2.29. The van der Waals surface area contributed by atoms with Crippen molar-refractivity contribution in [1.82, 2.24) is 10.9 Å². The van der Waals surface area contributed by atoms with Crippen molar-refractivity contribution in [3.05, 3.63) is 47.5 Å². The number of aromatic hydroxyl groups is 2. The van der Waals surface area contributed by atoms with Gasteiger partial charge in [-0.25, -0.2) is 10.9 Å². The van der Waals surface area contributed by atoms with Crippen LogP contribution in [0.5, 0.6) is 23.0 Å². The number of carbonyl (C=O) groups excluding carboxylic acids is 2. The van der Waals surface area contributed by atoms with E-state index in [9.17, 15) is 19.8 Å². The van der Waals surface area contributed by atoms with Crippen molar-refractivity contribution in [2.45, 2.75) is 13.8 Å². The molecule has 2 rings (SSSR count). The Kier molecular flexibility index (Phi) is 8.18. The Bertz CT molecular complexity index is 881. The molecule has 2 aromatic carbocycles. The molecule has 0 bridgehead atoms. The molecule has 2 aromatic rings. The number of hydrazone groups is 2. The molecule has 0 atom stereocenters. The van der Waals surface area contributed by atoms with Crippen LogP contribution in [0.2, 0.25) is 0 Å². The summed E-state index contributed by atoms with van der Waals surface area (Å²) in [7, 11) is 0. The van der Waals surface area contributed by atoms with Crippen molar-refractivity contribution in [2.75, 3.05) is 13.2 Å². The van der Waals surface area contributed by atoms with Crippen LogP contribution in [0.25, 0.3) is 0 Å². The Morgan fingerprint density at radius 1 is 0.833 bits per heavy atom. The van der Waals surface area contributed by atoms with E-state index in [4.69, 9.17) is 9.47 Å². The zero-order valence-corrected chi connectivity index (χ0v) is 16.5. The molecule has 0 saturated carbocycles. The number of rotatable bonds is 8. The molecule has 0 aliphatic carbocycles. The van der Waals surface area contributed by atoms with Gasteiger partial charge < -0.3 is 19.7 Å².